The molecule has 0 radical (unpaired) electrons. The fourth-order valence-corrected chi connectivity index (χ4v) is 4.61. The molecule has 0 amide bonds. The van der Waals surface area contributed by atoms with Crippen molar-refractivity contribution in [2.45, 2.75) is 17.2 Å². The predicted octanol–water partition coefficient (Wildman–Crippen LogP) is 4.18. The number of nitrogens with two attached hydrogens (primary N) is 1. The number of anilines is 1. The number of benzene rings is 3. The Morgan fingerprint density at radius 1 is 0.900 bits per heavy atom. The third kappa shape index (κ3) is 5.61. The van der Waals surface area contributed by atoms with E-state index in [1.54, 1.807) is 36.4 Å². The molecular formula is C23H23NO5S. The Morgan fingerprint density at radius 2 is 1.47 bits per heavy atom. The standard InChI is InChI=1S/C23H23NO5S/c1-28-23(25)15-18(17-5-3-2-4-6-17)16-30(26,27)22-13-11-21(12-14-22)29-20-9-7-19(24)8-10-20/h2-14,18H,15-16,24H2,1H3. The summed E-state index contributed by atoms with van der Waals surface area (Å²) in [7, 11) is -2.35. The van der Waals surface area contributed by atoms with Gasteiger partial charge in [0.2, 0.25) is 0 Å². The third-order valence-electron chi connectivity index (χ3n) is 4.63. The van der Waals surface area contributed by atoms with E-state index in [1.165, 1.54) is 19.2 Å². The van der Waals surface area contributed by atoms with Gasteiger partial charge in [0.25, 0.3) is 0 Å². The van der Waals surface area contributed by atoms with Crippen LogP contribution < -0.4 is 10.5 Å². The molecule has 0 aromatic heterocycles. The second-order valence-electron chi connectivity index (χ2n) is 6.81. The molecular weight excluding hydrogens is 402 g/mol. The van der Waals surface area contributed by atoms with E-state index in [0.29, 0.717) is 17.2 Å². The zero-order chi connectivity index (χ0) is 21.6. The number of carbonyl (C=O) groups is 1. The van der Waals surface area contributed by atoms with Gasteiger partial charge < -0.3 is 15.2 Å². The van der Waals surface area contributed by atoms with E-state index in [-0.39, 0.29) is 17.1 Å². The first kappa shape index (κ1) is 21.4. The summed E-state index contributed by atoms with van der Waals surface area (Å²) in [6.07, 6.45) is -0.0158. The Labute approximate surface area is 176 Å². The van der Waals surface area contributed by atoms with Gasteiger partial charge in [0.05, 0.1) is 24.2 Å². The van der Waals surface area contributed by atoms with E-state index in [1.807, 2.05) is 30.3 Å². The number of methoxy groups -OCH3 is 1. The molecule has 0 aliphatic carbocycles. The number of rotatable bonds is 8. The van der Waals surface area contributed by atoms with Gasteiger partial charge in [0.1, 0.15) is 11.5 Å². The largest absolute Gasteiger partial charge is 0.469 e. The highest BCUT2D eigenvalue weighted by molar-refractivity contribution is 7.91. The van der Waals surface area contributed by atoms with E-state index in [2.05, 4.69) is 0 Å². The molecule has 156 valence electrons. The van der Waals surface area contributed by atoms with Crippen LogP contribution in [0.15, 0.2) is 83.8 Å². The minimum atomic E-state index is -3.64. The van der Waals surface area contributed by atoms with Crippen molar-refractivity contribution in [2.75, 3.05) is 18.6 Å². The highest BCUT2D eigenvalue weighted by Crippen LogP contribution is 2.28. The smallest absolute Gasteiger partial charge is 0.306 e. The summed E-state index contributed by atoms with van der Waals surface area (Å²) in [5.41, 5.74) is 7.06. The highest BCUT2D eigenvalue weighted by Gasteiger charge is 2.25. The number of ether oxygens (including phenoxy) is 2. The van der Waals surface area contributed by atoms with Gasteiger partial charge in [0, 0.05) is 11.6 Å². The highest BCUT2D eigenvalue weighted by atomic mass is 32.2. The van der Waals surface area contributed by atoms with E-state index in [4.69, 9.17) is 15.2 Å². The van der Waals surface area contributed by atoms with Crippen LogP contribution in [-0.2, 0) is 19.4 Å². The average Bonchev–Trinajstić information content (AvgIpc) is 2.75. The Kier molecular flexibility index (Phi) is 6.74. The molecule has 1 atom stereocenters. The lowest BCUT2D eigenvalue weighted by atomic mass is 9.98. The summed E-state index contributed by atoms with van der Waals surface area (Å²) in [4.78, 5) is 12.0. The molecule has 7 heteroatoms. The van der Waals surface area contributed by atoms with Crippen molar-refractivity contribution >= 4 is 21.5 Å². The molecule has 0 heterocycles. The topological polar surface area (TPSA) is 95.7 Å². The van der Waals surface area contributed by atoms with Gasteiger partial charge >= 0.3 is 5.97 Å². The number of hydrogen-bond donors (Lipinski definition) is 1. The second-order valence-corrected chi connectivity index (χ2v) is 8.85. The Bertz CT molecular complexity index is 1080. The molecule has 0 saturated carbocycles. The summed E-state index contributed by atoms with van der Waals surface area (Å²) in [6, 6.07) is 22.2. The molecule has 0 saturated heterocycles. The van der Waals surface area contributed by atoms with Crippen LogP contribution in [-0.4, -0.2) is 27.2 Å². The van der Waals surface area contributed by atoms with Gasteiger partial charge in [-0.05, 0) is 54.1 Å². The van der Waals surface area contributed by atoms with Crippen molar-refractivity contribution in [3.05, 3.63) is 84.4 Å². The lowest BCUT2D eigenvalue weighted by Gasteiger charge is -2.17. The van der Waals surface area contributed by atoms with Crippen LogP contribution in [0.3, 0.4) is 0 Å². The number of carbonyl (C=O) groups excluding carboxylic acids is 1. The molecule has 30 heavy (non-hydrogen) atoms. The van der Waals surface area contributed by atoms with E-state index < -0.39 is 21.7 Å². The summed E-state index contributed by atoms with van der Waals surface area (Å²) in [6.45, 7) is 0. The molecule has 1 unspecified atom stereocenters. The molecule has 0 aliphatic rings. The molecule has 0 spiro atoms. The number of esters is 1. The molecule has 0 aliphatic heterocycles. The summed E-state index contributed by atoms with van der Waals surface area (Å²) in [5, 5.41) is 0. The van der Waals surface area contributed by atoms with Crippen molar-refractivity contribution in [2.24, 2.45) is 0 Å². The maximum atomic E-state index is 13.0. The van der Waals surface area contributed by atoms with Crippen molar-refractivity contribution < 1.29 is 22.7 Å². The lowest BCUT2D eigenvalue weighted by Crippen LogP contribution is -2.18. The molecule has 6 nitrogen and oxygen atoms in total. The maximum absolute atomic E-state index is 13.0. The lowest BCUT2D eigenvalue weighted by molar-refractivity contribution is -0.140. The fraction of sp³-hybridized carbons (Fsp3) is 0.174. The predicted molar refractivity (Wildman–Crippen MR) is 115 cm³/mol. The maximum Gasteiger partial charge on any atom is 0.306 e. The fourth-order valence-electron chi connectivity index (χ4n) is 3.03. The van der Waals surface area contributed by atoms with Gasteiger partial charge in [-0.2, -0.15) is 0 Å². The molecule has 2 N–H and O–H groups in total. The van der Waals surface area contributed by atoms with Gasteiger partial charge in [-0.15, -0.1) is 0 Å². The third-order valence-corrected chi connectivity index (χ3v) is 6.46. The number of nitrogen functional groups attached to an aromatic ring is 1. The summed E-state index contributed by atoms with van der Waals surface area (Å²) >= 11 is 0. The molecule has 0 fully saturated rings. The Balaban J connectivity index is 1.77. The van der Waals surface area contributed by atoms with Gasteiger partial charge in [-0.1, -0.05) is 30.3 Å². The van der Waals surface area contributed by atoms with E-state index in [9.17, 15) is 13.2 Å². The summed E-state index contributed by atoms with van der Waals surface area (Å²) < 4.78 is 36.4. The minimum Gasteiger partial charge on any atom is -0.469 e. The van der Waals surface area contributed by atoms with E-state index in [0.717, 1.165) is 5.56 Å². The summed E-state index contributed by atoms with van der Waals surface area (Å²) in [5.74, 6) is -0.0554. The van der Waals surface area contributed by atoms with Crippen LogP contribution in [0.2, 0.25) is 0 Å². The zero-order valence-corrected chi connectivity index (χ0v) is 17.3. The van der Waals surface area contributed by atoms with Crippen LogP contribution in [0, 0.1) is 0 Å². The van der Waals surface area contributed by atoms with Gasteiger partial charge in [-0.25, -0.2) is 8.42 Å². The van der Waals surface area contributed by atoms with E-state index >= 15 is 0 Å². The number of sulfone groups is 1. The van der Waals surface area contributed by atoms with Crippen molar-refractivity contribution in [3.63, 3.8) is 0 Å². The van der Waals surface area contributed by atoms with Crippen LogP contribution in [0.25, 0.3) is 0 Å². The molecule has 0 bridgehead atoms. The normalized spacial score (nSPS) is 12.2. The van der Waals surface area contributed by atoms with Gasteiger partial charge in [0.15, 0.2) is 9.84 Å². The van der Waals surface area contributed by atoms with Crippen LogP contribution in [0.4, 0.5) is 5.69 Å². The van der Waals surface area contributed by atoms with Crippen LogP contribution in [0.1, 0.15) is 17.9 Å². The van der Waals surface area contributed by atoms with Crippen molar-refractivity contribution in [1.82, 2.24) is 0 Å². The van der Waals surface area contributed by atoms with Crippen LogP contribution in [0.5, 0.6) is 11.5 Å². The van der Waals surface area contributed by atoms with Crippen molar-refractivity contribution in [1.29, 1.82) is 0 Å². The first-order chi connectivity index (χ1) is 14.4. The molecule has 3 rings (SSSR count). The number of hydrogen-bond acceptors (Lipinski definition) is 6. The SMILES string of the molecule is COC(=O)CC(CS(=O)(=O)c1ccc(Oc2ccc(N)cc2)cc1)c1ccccc1. The minimum absolute atomic E-state index is 0.0158. The average molecular weight is 426 g/mol. The van der Waals surface area contributed by atoms with Gasteiger partial charge in [-0.3, -0.25) is 4.79 Å². The Hall–Kier alpha value is -3.32. The van der Waals surface area contributed by atoms with Crippen LogP contribution >= 0.6 is 0 Å². The Morgan fingerprint density at radius 3 is 2.03 bits per heavy atom. The zero-order valence-electron chi connectivity index (χ0n) is 16.5. The first-order valence-corrected chi connectivity index (χ1v) is 11.0. The first-order valence-electron chi connectivity index (χ1n) is 9.35. The quantitative estimate of drug-likeness (QED) is 0.430. The van der Waals surface area contributed by atoms with Crippen molar-refractivity contribution in [3.8, 4) is 11.5 Å². The molecule has 3 aromatic carbocycles. The molecule has 3 aromatic rings. The monoisotopic (exact) mass is 425 g/mol. The second kappa shape index (κ2) is 9.45.